The van der Waals surface area contributed by atoms with E-state index in [1.54, 1.807) is 36.1 Å². The lowest BCUT2D eigenvalue weighted by molar-refractivity contribution is 0.0964. The van der Waals surface area contributed by atoms with Crippen molar-refractivity contribution >= 4 is 17.5 Å². The molecule has 2 rings (SSSR count). The van der Waals surface area contributed by atoms with Crippen molar-refractivity contribution in [2.45, 2.75) is 26.8 Å². The van der Waals surface area contributed by atoms with E-state index in [2.05, 4.69) is 15.7 Å². The molecule has 0 unspecified atom stereocenters. The van der Waals surface area contributed by atoms with Gasteiger partial charge in [-0.15, -0.1) is 0 Å². The monoisotopic (exact) mass is 300 g/mol. The second-order valence-corrected chi connectivity index (χ2v) is 5.02. The van der Waals surface area contributed by atoms with Crippen LogP contribution < -0.4 is 10.6 Å². The summed E-state index contributed by atoms with van der Waals surface area (Å²) >= 11 is 0. The minimum Gasteiger partial charge on any atom is -0.355 e. The molecular weight excluding hydrogens is 280 g/mol. The van der Waals surface area contributed by atoms with E-state index in [4.69, 9.17) is 0 Å². The molecule has 0 bridgehead atoms. The van der Waals surface area contributed by atoms with Gasteiger partial charge in [0.05, 0.1) is 11.3 Å². The number of hydrogen-bond donors (Lipinski definition) is 2. The first-order chi connectivity index (χ1) is 10.6. The summed E-state index contributed by atoms with van der Waals surface area (Å²) in [4.78, 5) is 24.4. The molecule has 0 saturated heterocycles. The summed E-state index contributed by atoms with van der Waals surface area (Å²) in [7, 11) is 1.56. The zero-order valence-corrected chi connectivity index (χ0v) is 13.0. The Morgan fingerprint density at radius 1 is 1.23 bits per heavy atom. The molecule has 1 aromatic carbocycles. The van der Waals surface area contributed by atoms with Crippen LogP contribution in [0.2, 0.25) is 0 Å². The SMILES string of the molecule is CCCn1nccc1C(=O)Nc1ccc(C)cc1C(=O)NC. The van der Waals surface area contributed by atoms with E-state index in [-0.39, 0.29) is 11.8 Å². The van der Waals surface area contributed by atoms with E-state index in [1.165, 1.54) is 0 Å². The molecule has 0 radical (unpaired) electrons. The van der Waals surface area contributed by atoms with E-state index in [0.717, 1.165) is 12.0 Å². The van der Waals surface area contributed by atoms with E-state index < -0.39 is 0 Å². The highest BCUT2D eigenvalue weighted by molar-refractivity contribution is 6.08. The maximum absolute atomic E-state index is 12.4. The zero-order chi connectivity index (χ0) is 16.1. The number of aryl methyl sites for hydroxylation is 2. The van der Waals surface area contributed by atoms with E-state index >= 15 is 0 Å². The van der Waals surface area contributed by atoms with Gasteiger partial charge in [-0.1, -0.05) is 18.6 Å². The lowest BCUT2D eigenvalue weighted by Gasteiger charge is -2.12. The first-order valence-corrected chi connectivity index (χ1v) is 7.22. The van der Waals surface area contributed by atoms with Gasteiger partial charge in [-0.05, 0) is 31.5 Å². The number of carbonyl (C=O) groups is 2. The summed E-state index contributed by atoms with van der Waals surface area (Å²) < 4.78 is 1.66. The van der Waals surface area contributed by atoms with Crippen molar-refractivity contribution < 1.29 is 9.59 Å². The van der Waals surface area contributed by atoms with Crippen LogP contribution in [-0.2, 0) is 6.54 Å². The highest BCUT2D eigenvalue weighted by Gasteiger charge is 2.16. The van der Waals surface area contributed by atoms with Gasteiger partial charge in [0.1, 0.15) is 5.69 Å². The zero-order valence-electron chi connectivity index (χ0n) is 13.0. The number of carbonyl (C=O) groups excluding carboxylic acids is 2. The second kappa shape index (κ2) is 6.89. The predicted molar refractivity (Wildman–Crippen MR) is 85.0 cm³/mol. The van der Waals surface area contributed by atoms with E-state index in [9.17, 15) is 9.59 Å². The lowest BCUT2D eigenvalue weighted by atomic mass is 10.1. The number of rotatable bonds is 5. The molecule has 0 spiro atoms. The highest BCUT2D eigenvalue weighted by Crippen LogP contribution is 2.18. The van der Waals surface area contributed by atoms with E-state index in [0.29, 0.717) is 23.5 Å². The van der Waals surface area contributed by atoms with Crippen molar-refractivity contribution in [3.8, 4) is 0 Å². The van der Waals surface area contributed by atoms with Crippen LogP contribution >= 0.6 is 0 Å². The summed E-state index contributed by atoms with van der Waals surface area (Å²) in [6, 6.07) is 7.00. The van der Waals surface area contributed by atoms with Crippen LogP contribution in [0.25, 0.3) is 0 Å². The van der Waals surface area contributed by atoms with Crippen LogP contribution in [0, 0.1) is 6.92 Å². The first kappa shape index (κ1) is 15.8. The number of benzene rings is 1. The molecule has 0 aliphatic carbocycles. The lowest BCUT2D eigenvalue weighted by Crippen LogP contribution is -2.23. The minimum absolute atomic E-state index is 0.235. The van der Waals surface area contributed by atoms with Gasteiger partial charge in [0.25, 0.3) is 11.8 Å². The molecule has 6 heteroatoms. The van der Waals surface area contributed by atoms with Gasteiger partial charge in [0.15, 0.2) is 0 Å². The van der Waals surface area contributed by atoms with Crippen LogP contribution in [-0.4, -0.2) is 28.6 Å². The molecule has 0 saturated carbocycles. The van der Waals surface area contributed by atoms with Gasteiger partial charge in [-0.3, -0.25) is 14.3 Å². The maximum Gasteiger partial charge on any atom is 0.273 e. The fraction of sp³-hybridized carbons (Fsp3) is 0.312. The van der Waals surface area contributed by atoms with Crippen LogP contribution in [0.3, 0.4) is 0 Å². The second-order valence-electron chi connectivity index (χ2n) is 5.02. The average molecular weight is 300 g/mol. The molecule has 116 valence electrons. The Hall–Kier alpha value is -2.63. The number of amides is 2. The molecular formula is C16H20N4O2. The van der Waals surface area contributed by atoms with Gasteiger partial charge in [0.2, 0.25) is 0 Å². The topological polar surface area (TPSA) is 76.0 Å². The van der Waals surface area contributed by atoms with Crippen molar-refractivity contribution in [1.29, 1.82) is 0 Å². The molecule has 0 aliphatic rings. The summed E-state index contributed by atoms with van der Waals surface area (Å²) in [5, 5.41) is 9.51. The van der Waals surface area contributed by atoms with Crippen LogP contribution in [0.1, 0.15) is 39.8 Å². The molecule has 6 nitrogen and oxygen atoms in total. The van der Waals surface area contributed by atoms with Crippen molar-refractivity contribution in [3.05, 3.63) is 47.3 Å². The van der Waals surface area contributed by atoms with E-state index in [1.807, 2.05) is 19.9 Å². The molecule has 2 N–H and O–H groups in total. The normalized spacial score (nSPS) is 10.3. The predicted octanol–water partition coefficient (Wildman–Crippen LogP) is 2.21. The molecule has 1 heterocycles. The Balaban J connectivity index is 2.28. The third-order valence-corrected chi connectivity index (χ3v) is 3.28. The molecule has 1 aromatic heterocycles. The number of nitrogens with one attached hydrogen (secondary N) is 2. The van der Waals surface area contributed by atoms with Crippen molar-refractivity contribution in [2.24, 2.45) is 0 Å². The van der Waals surface area contributed by atoms with Crippen molar-refractivity contribution in [3.63, 3.8) is 0 Å². The minimum atomic E-state index is -0.278. The fourth-order valence-electron chi connectivity index (χ4n) is 2.19. The van der Waals surface area contributed by atoms with Gasteiger partial charge in [-0.25, -0.2) is 0 Å². The van der Waals surface area contributed by atoms with Gasteiger partial charge >= 0.3 is 0 Å². The van der Waals surface area contributed by atoms with Gasteiger partial charge in [-0.2, -0.15) is 5.10 Å². The number of aromatic nitrogens is 2. The number of anilines is 1. The van der Waals surface area contributed by atoms with Gasteiger partial charge < -0.3 is 10.6 Å². The molecule has 0 fully saturated rings. The molecule has 2 aromatic rings. The number of nitrogens with zero attached hydrogens (tertiary/aromatic N) is 2. The van der Waals surface area contributed by atoms with Crippen LogP contribution in [0.4, 0.5) is 5.69 Å². The van der Waals surface area contributed by atoms with Crippen molar-refractivity contribution in [1.82, 2.24) is 15.1 Å². The Labute approximate surface area is 129 Å². The van der Waals surface area contributed by atoms with Gasteiger partial charge in [0, 0.05) is 19.8 Å². The van der Waals surface area contributed by atoms with Crippen LogP contribution in [0.15, 0.2) is 30.5 Å². The maximum atomic E-state index is 12.4. The Bertz CT molecular complexity index is 691. The molecule has 2 amide bonds. The first-order valence-electron chi connectivity index (χ1n) is 7.22. The quantitative estimate of drug-likeness (QED) is 0.889. The highest BCUT2D eigenvalue weighted by atomic mass is 16.2. The third kappa shape index (κ3) is 3.33. The summed E-state index contributed by atoms with van der Waals surface area (Å²) in [5.74, 6) is -0.513. The Morgan fingerprint density at radius 2 is 2.00 bits per heavy atom. The Morgan fingerprint density at radius 3 is 2.68 bits per heavy atom. The fourth-order valence-corrected chi connectivity index (χ4v) is 2.19. The number of hydrogen-bond acceptors (Lipinski definition) is 3. The smallest absolute Gasteiger partial charge is 0.273 e. The largest absolute Gasteiger partial charge is 0.355 e. The summed E-state index contributed by atoms with van der Waals surface area (Å²) in [5.41, 5.74) is 2.36. The van der Waals surface area contributed by atoms with Crippen molar-refractivity contribution in [2.75, 3.05) is 12.4 Å². The molecule has 0 aliphatic heterocycles. The van der Waals surface area contributed by atoms with Crippen LogP contribution in [0.5, 0.6) is 0 Å². The summed E-state index contributed by atoms with van der Waals surface area (Å²) in [6.45, 7) is 4.59. The average Bonchev–Trinajstić information content (AvgIpc) is 2.97. The summed E-state index contributed by atoms with van der Waals surface area (Å²) in [6.07, 6.45) is 2.48. The molecule has 22 heavy (non-hydrogen) atoms. The third-order valence-electron chi connectivity index (χ3n) is 3.28. The standard InChI is InChI=1S/C16H20N4O2/c1-4-9-20-14(7-8-18-20)16(22)19-13-6-5-11(2)10-12(13)15(21)17-3/h5-8,10H,4,9H2,1-3H3,(H,17,21)(H,19,22). The Kier molecular flexibility index (Phi) is 4.93. The molecule has 0 atom stereocenters.